The summed E-state index contributed by atoms with van der Waals surface area (Å²) in [7, 11) is 0. The van der Waals surface area contributed by atoms with Crippen molar-refractivity contribution >= 4 is 51.9 Å². The molecule has 382 valence electrons. The number of nitrogens with zero attached hydrogens (tertiary/aromatic N) is 4. The van der Waals surface area contributed by atoms with E-state index in [1.165, 1.54) is 16.7 Å². The fourth-order valence-corrected chi connectivity index (χ4v) is 13.6. The lowest BCUT2D eigenvalue weighted by Gasteiger charge is -2.60. The molecule has 0 radical (unpaired) electrons. The van der Waals surface area contributed by atoms with Crippen LogP contribution in [0, 0.1) is 54.7 Å². The number of hydrogen-bond acceptors (Lipinski definition) is 16. The number of carbonyl (C=O) groups excluding carboxylic acids is 5. The van der Waals surface area contributed by atoms with E-state index in [0.717, 1.165) is 76.0 Å². The Labute approximate surface area is 422 Å². The molecule has 6 aliphatic rings. The first-order valence-electron chi connectivity index (χ1n) is 25.1. The number of pyridine rings is 2. The van der Waals surface area contributed by atoms with Crippen molar-refractivity contribution in [3.63, 3.8) is 0 Å². The van der Waals surface area contributed by atoms with Gasteiger partial charge in [-0.25, -0.2) is 24.2 Å². The minimum Gasteiger partial charge on any atom is -0.482 e. The van der Waals surface area contributed by atoms with E-state index in [2.05, 4.69) is 13.8 Å². The molecule has 5 aromatic rings. The van der Waals surface area contributed by atoms with E-state index in [1.807, 2.05) is 0 Å². The summed E-state index contributed by atoms with van der Waals surface area (Å²) in [6, 6.07) is 16.5. The number of rotatable bonds is 11. The number of non-ortho nitro benzene ring substituents is 2. The maximum Gasteiger partial charge on any atom is 0.355 e. The normalized spacial score (nSPS) is 27.3. The molecule has 0 spiro atoms. The number of esters is 4. The second-order valence-electron chi connectivity index (χ2n) is 21.2. The maximum absolute atomic E-state index is 14.2. The number of cyclic esters (lactones) is 1. The molecule has 4 fully saturated rings. The Morgan fingerprint density at radius 2 is 1.57 bits per heavy atom. The average Bonchev–Trinajstić information content (AvgIpc) is 3.91. The number of nitro groups is 2. The fraction of sp³-hybridized carbons (Fsp3) is 0.436. The molecule has 0 amide bonds. The summed E-state index contributed by atoms with van der Waals surface area (Å²) in [5.74, 6) is -0.411. The number of ketones is 1. The Balaban J connectivity index is 0.739. The highest BCUT2D eigenvalue weighted by molar-refractivity contribution is 5.94. The second kappa shape index (κ2) is 18.0. The van der Waals surface area contributed by atoms with Crippen LogP contribution in [0.1, 0.15) is 122 Å². The Bertz CT molecular complexity index is 3300. The van der Waals surface area contributed by atoms with E-state index in [1.54, 1.807) is 49.4 Å². The number of hydrogen-bond donors (Lipinski definition) is 0. The van der Waals surface area contributed by atoms with Crippen LogP contribution in [0.2, 0.25) is 0 Å². The van der Waals surface area contributed by atoms with Crippen molar-refractivity contribution in [3.8, 4) is 22.9 Å². The zero-order chi connectivity index (χ0) is 52.0. The lowest BCUT2D eigenvalue weighted by molar-refractivity contribution is -0.394. The highest BCUT2D eigenvalue weighted by atomic mass is 16.6. The minimum absolute atomic E-state index is 0.0180. The SMILES string of the molecule is CC[C@@]1(OC(=O)COc2ccc(C(=O)O[C@@H]3CC[C@@]4(C)C(CCC5C4CC[C@]4(C)C(=O)CCC54)C3)cc2)C(=O)OCc2c1cc1n(c2=O)Cc2cc3cc(OC(=O)c4cc([N+](=O)[O-])cc([N+](=O)[O-])c4)ccc3nc2-1. The van der Waals surface area contributed by atoms with Crippen LogP contribution in [0.4, 0.5) is 11.4 Å². The molecule has 2 aliphatic heterocycles. The first kappa shape index (κ1) is 48.4. The fourth-order valence-electron chi connectivity index (χ4n) is 13.6. The van der Waals surface area contributed by atoms with E-state index in [-0.39, 0.29) is 59.1 Å². The lowest BCUT2D eigenvalue weighted by Crippen LogP contribution is -2.54. The van der Waals surface area contributed by atoms with Gasteiger partial charge in [-0.1, -0.05) is 20.8 Å². The number of nitro benzene ring substituents is 2. The molecule has 0 bridgehead atoms. The third-order valence-electron chi connectivity index (χ3n) is 17.6. The molecule has 19 nitrogen and oxygen atoms in total. The smallest absolute Gasteiger partial charge is 0.355 e. The predicted octanol–water partition coefficient (Wildman–Crippen LogP) is 8.88. The van der Waals surface area contributed by atoms with Crippen molar-refractivity contribution in [1.29, 1.82) is 0 Å². The van der Waals surface area contributed by atoms with Gasteiger partial charge in [-0.05, 0) is 141 Å². The van der Waals surface area contributed by atoms with Crippen LogP contribution in [0.15, 0.2) is 77.6 Å². The molecule has 4 heterocycles. The van der Waals surface area contributed by atoms with Crippen LogP contribution in [-0.4, -0.2) is 61.8 Å². The Morgan fingerprint density at radius 3 is 2.30 bits per heavy atom. The third kappa shape index (κ3) is 7.98. The quantitative estimate of drug-likeness (QED) is 0.0386. The Kier molecular flexibility index (Phi) is 11.8. The number of ether oxygens (including phenoxy) is 5. The molecule has 3 aromatic carbocycles. The largest absolute Gasteiger partial charge is 0.482 e. The number of fused-ring (bicyclic) bond motifs is 10. The van der Waals surface area contributed by atoms with Gasteiger partial charge >= 0.3 is 23.9 Å². The summed E-state index contributed by atoms with van der Waals surface area (Å²) in [5, 5.41) is 23.2. The number of aromatic nitrogens is 2. The van der Waals surface area contributed by atoms with Crippen molar-refractivity contribution in [3.05, 3.63) is 131 Å². The van der Waals surface area contributed by atoms with Crippen molar-refractivity contribution in [1.82, 2.24) is 9.55 Å². The molecule has 19 heteroatoms. The lowest BCUT2D eigenvalue weighted by atomic mass is 9.45. The van der Waals surface area contributed by atoms with Gasteiger partial charge in [-0.15, -0.1) is 0 Å². The maximum atomic E-state index is 14.2. The Hall–Kier alpha value is -7.83. The van der Waals surface area contributed by atoms with Crippen LogP contribution < -0.4 is 15.0 Å². The van der Waals surface area contributed by atoms with Crippen LogP contribution in [0.25, 0.3) is 22.3 Å². The molecule has 74 heavy (non-hydrogen) atoms. The van der Waals surface area contributed by atoms with Gasteiger partial charge in [0, 0.05) is 40.5 Å². The molecule has 8 atom stereocenters. The van der Waals surface area contributed by atoms with Crippen LogP contribution in [-0.2, 0) is 47.3 Å². The molecule has 4 unspecified atom stereocenters. The van der Waals surface area contributed by atoms with Gasteiger partial charge in [-0.2, -0.15) is 0 Å². The summed E-state index contributed by atoms with van der Waals surface area (Å²) in [5.41, 5.74) is -1.77. The van der Waals surface area contributed by atoms with Crippen LogP contribution in [0.3, 0.4) is 0 Å². The zero-order valence-electron chi connectivity index (χ0n) is 40.9. The monoisotopic (exact) mass is 1010 g/mol. The first-order chi connectivity index (χ1) is 35.4. The van der Waals surface area contributed by atoms with Crippen molar-refractivity contribution < 1.29 is 57.5 Å². The van der Waals surface area contributed by atoms with Gasteiger partial charge < -0.3 is 28.3 Å². The summed E-state index contributed by atoms with van der Waals surface area (Å²) in [6.07, 6.45) is 8.36. The van der Waals surface area contributed by atoms with Crippen LogP contribution in [0.5, 0.6) is 11.5 Å². The first-order valence-corrected chi connectivity index (χ1v) is 25.1. The number of benzene rings is 3. The topological polar surface area (TPSA) is 253 Å². The summed E-state index contributed by atoms with van der Waals surface area (Å²) >= 11 is 0. The highest BCUT2D eigenvalue weighted by Gasteiger charge is 2.60. The van der Waals surface area contributed by atoms with E-state index in [9.17, 15) is 49.0 Å². The third-order valence-corrected chi connectivity index (χ3v) is 17.6. The molecule has 0 saturated heterocycles. The summed E-state index contributed by atoms with van der Waals surface area (Å²) in [6.45, 7) is 5.37. The predicted molar refractivity (Wildman–Crippen MR) is 261 cm³/mol. The van der Waals surface area contributed by atoms with Gasteiger partial charge in [-0.3, -0.25) is 29.8 Å². The molecular formula is C55H52N4O15. The summed E-state index contributed by atoms with van der Waals surface area (Å²) < 4.78 is 30.2. The number of Topliss-reactive ketones (excluding diaryl/α,β-unsaturated/α-hetero) is 1. The molecular weight excluding hydrogens is 957 g/mol. The zero-order valence-corrected chi connectivity index (χ0v) is 40.9. The minimum atomic E-state index is -2.00. The van der Waals surface area contributed by atoms with Crippen LogP contribution >= 0.6 is 0 Å². The van der Waals surface area contributed by atoms with E-state index in [4.69, 9.17) is 28.7 Å². The average molecular weight is 1010 g/mol. The van der Waals surface area contributed by atoms with Crippen molar-refractivity contribution in [2.45, 2.75) is 110 Å². The Morgan fingerprint density at radius 1 is 0.824 bits per heavy atom. The van der Waals surface area contributed by atoms with E-state index < -0.39 is 68.4 Å². The van der Waals surface area contributed by atoms with Gasteiger partial charge in [0.1, 0.15) is 30.0 Å². The van der Waals surface area contributed by atoms with E-state index >= 15 is 0 Å². The van der Waals surface area contributed by atoms with Gasteiger partial charge in [0.15, 0.2) is 6.61 Å². The summed E-state index contributed by atoms with van der Waals surface area (Å²) in [4.78, 5) is 107. The molecule has 11 rings (SSSR count). The molecule has 4 aliphatic carbocycles. The van der Waals surface area contributed by atoms with Gasteiger partial charge in [0.2, 0.25) is 5.60 Å². The number of carbonyl (C=O) groups is 5. The van der Waals surface area contributed by atoms with Gasteiger partial charge in [0.05, 0.1) is 56.1 Å². The van der Waals surface area contributed by atoms with Crippen molar-refractivity contribution in [2.75, 3.05) is 6.61 Å². The standard InChI is InChI=1S/C55H52N4O15/c1-4-55(74-47(61)28-70-36-8-5-29(6-9-36)50(63)73-38-15-17-53(2)33(23-38)7-11-39-41-12-14-46(60)54(41,3)18-16-42(39)53)43-25-45-48-32(26-57(45)49(62)40(43)27-71-52(55)65)19-30-22-37(10-13-44(30)56-48)72-51(64)31-20-34(58(66)67)24-35(21-31)59(68)69/h5-6,8-10,13,19-22,24-25,33,38-39,41-42H,4,7,11-12,14-18,23,26-28H2,1-3H3/t33?,38-,39?,41?,42?,53+,54+,55+/m1/s1. The van der Waals surface area contributed by atoms with Crippen molar-refractivity contribution in [2.24, 2.45) is 34.5 Å². The molecule has 4 saturated carbocycles. The molecule has 0 N–H and O–H groups in total. The highest BCUT2D eigenvalue weighted by Crippen LogP contribution is 2.65. The second-order valence-corrected chi connectivity index (χ2v) is 21.2. The van der Waals surface area contributed by atoms with Gasteiger partial charge in [0.25, 0.3) is 16.9 Å². The molecule has 2 aromatic heterocycles. The van der Waals surface area contributed by atoms with E-state index in [0.29, 0.717) is 62.9 Å².